The van der Waals surface area contributed by atoms with Gasteiger partial charge >= 0.3 is 0 Å². The normalized spacial score (nSPS) is 13.0. The zero-order valence-electron chi connectivity index (χ0n) is 12.9. The maximum absolute atomic E-state index is 12.1. The van der Waals surface area contributed by atoms with Gasteiger partial charge in [0.05, 0.1) is 11.4 Å². The van der Waals surface area contributed by atoms with Gasteiger partial charge in [0.15, 0.2) is 6.61 Å². The van der Waals surface area contributed by atoms with E-state index in [0.717, 1.165) is 17.0 Å². The minimum absolute atomic E-state index is 0.0101. The molecule has 2 amide bonds. The lowest BCUT2D eigenvalue weighted by atomic mass is 10.1. The van der Waals surface area contributed by atoms with Gasteiger partial charge in [-0.15, -0.1) is 0 Å². The number of ether oxygens (including phenoxy) is 1. The lowest BCUT2D eigenvalue weighted by molar-refractivity contribution is -0.118. The molecule has 2 heterocycles. The summed E-state index contributed by atoms with van der Waals surface area (Å²) in [5.74, 6) is 1.01. The summed E-state index contributed by atoms with van der Waals surface area (Å²) in [5, 5.41) is 9.39. The van der Waals surface area contributed by atoms with Crippen molar-refractivity contribution in [2.45, 2.75) is 26.7 Å². The third-order valence-electron chi connectivity index (χ3n) is 3.68. The van der Waals surface area contributed by atoms with E-state index in [1.807, 2.05) is 13.8 Å². The molecule has 2 aromatic rings. The number of amides is 2. The molecule has 0 spiro atoms. The number of fused-ring (bicyclic) bond motifs is 1. The topological polar surface area (TPSA) is 93.5 Å². The van der Waals surface area contributed by atoms with Crippen molar-refractivity contribution < 1.29 is 18.8 Å². The van der Waals surface area contributed by atoms with Gasteiger partial charge in [-0.1, -0.05) is 5.16 Å². The van der Waals surface area contributed by atoms with Crippen LogP contribution in [0.3, 0.4) is 0 Å². The summed E-state index contributed by atoms with van der Waals surface area (Å²) in [5.41, 5.74) is 2.94. The molecule has 0 unspecified atom stereocenters. The monoisotopic (exact) mass is 315 g/mol. The molecule has 120 valence electrons. The molecule has 0 bridgehead atoms. The van der Waals surface area contributed by atoms with Crippen LogP contribution in [0.4, 0.5) is 11.4 Å². The van der Waals surface area contributed by atoms with Crippen LogP contribution in [-0.4, -0.2) is 23.6 Å². The largest absolute Gasteiger partial charge is 0.482 e. The van der Waals surface area contributed by atoms with E-state index in [1.165, 1.54) is 0 Å². The average Bonchev–Trinajstić information content (AvgIpc) is 2.83. The van der Waals surface area contributed by atoms with Crippen molar-refractivity contribution in [3.05, 3.63) is 35.2 Å². The maximum Gasteiger partial charge on any atom is 0.262 e. The molecule has 7 heteroatoms. The second-order valence-corrected chi connectivity index (χ2v) is 5.40. The third kappa shape index (κ3) is 3.33. The Hall–Kier alpha value is -2.83. The van der Waals surface area contributed by atoms with Crippen LogP contribution in [0, 0.1) is 13.8 Å². The average molecular weight is 315 g/mol. The predicted molar refractivity (Wildman–Crippen MR) is 83.5 cm³/mol. The first-order valence-electron chi connectivity index (χ1n) is 7.31. The van der Waals surface area contributed by atoms with E-state index in [9.17, 15) is 9.59 Å². The first-order valence-corrected chi connectivity index (χ1v) is 7.31. The van der Waals surface area contributed by atoms with Crippen LogP contribution in [0.15, 0.2) is 22.7 Å². The maximum atomic E-state index is 12.1. The van der Waals surface area contributed by atoms with Crippen LogP contribution in [0.5, 0.6) is 5.75 Å². The van der Waals surface area contributed by atoms with Crippen molar-refractivity contribution >= 4 is 23.2 Å². The molecule has 2 N–H and O–H groups in total. The van der Waals surface area contributed by atoms with Crippen LogP contribution < -0.4 is 15.4 Å². The first kappa shape index (κ1) is 15.1. The van der Waals surface area contributed by atoms with Crippen LogP contribution >= 0.6 is 0 Å². The summed E-state index contributed by atoms with van der Waals surface area (Å²) in [7, 11) is 0. The number of carbonyl (C=O) groups excluding carboxylic acids is 2. The summed E-state index contributed by atoms with van der Waals surface area (Å²) in [6.07, 6.45) is 0.890. The van der Waals surface area contributed by atoms with Gasteiger partial charge in [-0.25, -0.2) is 0 Å². The van der Waals surface area contributed by atoms with Gasteiger partial charge in [0.1, 0.15) is 11.5 Å². The van der Waals surface area contributed by atoms with E-state index in [-0.39, 0.29) is 18.4 Å². The van der Waals surface area contributed by atoms with Gasteiger partial charge < -0.3 is 19.9 Å². The zero-order valence-corrected chi connectivity index (χ0v) is 12.9. The molecule has 0 atom stereocenters. The molecule has 1 aromatic carbocycles. The second-order valence-electron chi connectivity index (χ2n) is 5.40. The lowest BCUT2D eigenvalue weighted by Crippen LogP contribution is -2.25. The van der Waals surface area contributed by atoms with Crippen LogP contribution in [0.1, 0.15) is 23.4 Å². The summed E-state index contributed by atoms with van der Waals surface area (Å²) >= 11 is 0. The highest BCUT2D eigenvalue weighted by atomic mass is 16.5. The fraction of sp³-hybridized carbons (Fsp3) is 0.312. The number of hydrogen-bond donors (Lipinski definition) is 2. The number of nitrogens with zero attached hydrogens (tertiary/aromatic N) is 1. The quantitative estimate of drug-likeness (QED) is 0.902. The van der Waals surface area contributed by atoms with Crippen LogP contribution in [0.25, 0.3) is 0 Å². The van der Waals surface area contributed by atoms with Crippen molar-refractivity contribution in [1.82, 2.24) is 5.16 Å². The fourth-order valence-electron chi connectivity index (χ4n) is 2.48. The zero-order chi connectivity index (χ0) is 16.4. The minimum Gasteiger partial charge on any atom is -0.482 e. The molecule has 7 nitrogen and oxygen atoms in total. The van der Waals surface area contributed by atoms with E-state index in [4.69, 9.17) is 9.26 Å². The number of anilines is 2. The SMILES string of the molecule is Cc1noc(C)c1CCC(=O)Nc1ccc2c(c1)NC(=O)CO2. The summed E-state index contributed by atoms with van der Waals surface area (Å²) in [6, 6.07) is 5.14. The molecule has 0 fully saturated rings. The van der Waals surface area contributed by atoms with Crippen molar-refractivity contribution in [3.8, 4) is 5.75 Å². The van der Waals surface area contributed by atoms with Gasteiger partial charge in [0.25, 0.3) is 5.91 Å². The molecule has 0 saturated heterocycles. The highest BCUT2D eigenvalue weighted by molar-refractivity contribution is 5.97. The Bertz CT molecular complexity index is 747. The number of benzene rings is 1. The Balaban J connectivity index is 1.62. The van der Waals surface area contributed by atoms with Crippen LogP contribution in [-0.2, 0) is 16.0 Å². The predicted octanol–water partition coefficient (Wildman–Crippen LogP) is 2.19. The molecule has 0 saturated carbocycles. The molecule has 1 aliphatic heterocycles. The number of nitrogens with one attached hydrogen (secondary N) is 2. The highest BCUT2D eigenvalue weighted by Crippen LogP contribution is 2.30. The van der Waals surface area contributed by atoms with Gasteiger partial charge in [0, 0.05) is 17.7 Å². The molecule has 23 heavy (non-hydrogen) atoms. The van der Waals surface area contributed by atoms with Crippen LogP contribution in [0.2, 0.25) is 0 Å². The fourth-order valence-corrected chi connectivity index (χ4v) is 2.48. The van der Waals surface area contributed by atoms with E-state index in [0.29, 0.717) is 30.0 Å². The Kier molecular flexibility index (Phi) is 4.01. The molecule has 0 aliphatic carbocycles. The molecule has 3 rings (SSSR count). The Labute approximate surface area is 133 Å². The molecule has 0 radical (unpaired) electrons. The lowest BCUT2D eigenvalue weighted by Gasteiger charge is -2.18. The van der Waals surface area contributed by atoms with Crippen molar-refractivity contribution in [2.24, 2.45) is 0 Å². The summed E-state index contributed by atoms with van der Waals surface area (Å²) in [4.78, 5) is 23.4. The molecule has 1 aliphatic rings. The van der Waals surface area contributed by atoms with E-state index >= 15 is 0 Å². The number of aromatic nitrogens is 1. The smallest absolute Gasteiger partial charge is 0.262 e. The number of hydrogen-bond acceptors (Lipinski definition) is 5. The van der Waals surface area contributed by atoms with Gasteiger partial charge in [-0.05, 0) is 38.5 Å². The second kappa shape index (κ2) is 6.12. The van der Waals surface area contributed by atoms with Gasteiger partial charge in [-0.2, -0.15) is 0 Å². The third-order valence-corrected chi connectivity index (χ3v) is 3.68. The molecule has 1 aromatic heterocycles. The van der Waals surface area contributed by atoms with Gasteiger partial charge in [-0.3, -0.25) is 9.59 Å². The summed E-state index contributed by atoms with van der Waals surface area (Å²) in [6.45, 7) is 3.70. The Morgan fingerprint density at radius 1 is 1.39 bits per heavy atom. The first-order chi connectivity index (χ1) is 11.0. The van der Waals surface area contributed by atoms with E-state index < -0.39 is 0 Å². The molecular weight excluding hydrogens is 298 g/mol. The standard InChI is InChI=1S/C16H17N3O4/c1-9-12(10(2)23-19-9)4-6-15(20)17-11-3-5-14-13(7-11)18-16(21)8-22-14/h3,5,7H,4,6,8H2,1-2H3,(H,17,20)(H,18,21). The minimum atomic E-state index is -0.209. The van der Waals surface area contributed by atoms with Crippen molar-refractivity contribution in [2.75, 3.05) is 17.2 Å². The highest BCUT2D eigenvalue weighted by Gasteiger charge is 2.17. The van der Waals surface area contributed by atoms with Crippen molar-refractivity contribution in [3.63, 3.8) is 0 Å². The number of carbonyl (C=O) groups is 2. The Morgan fingerprint density at radius 3 is 2.96 bits per heavy atom. The van der Waals surface area contributed by atoms with Gasteiger partial charge in [0.2, 0.25) is 5.91 Å². The van der Waals surface area contributed by atoms with E-state index in [2.05, 4.69) is 15.8 Å². The number of aryl methyl sites for hydroxylation is 2. The molecular formula is C16H17N3O4. The number of rotatable bonds is 4. The van der Waals surface area contributed by atoms with Crippen molar-refractivity contribution in [1.29, 1.82) is 0 Å². The summed E-state index contributed by atoms with van der Waals surface area (Å²) < 4.78 is 10.4. The van der Waals surface area contributed by atoms with E-state index in [1.54, 1.807) is 18.2 Å². The Morgan fingerprint density at radius 2 is 2.22 bits per heavy atom.